The third-order valence-electron chi connectivity index (χ3n) is 2.95. The zero-order valence-electron chi connectivity index (χ0n) is 10.3. The van der Waals surface area contributed by atoms with Crippen molar-refractivity contribution in [2.45, 2.75) is 19.7 Å². The predicted octanol–water partition coefficient (Wildman–Crippen LogP) is 4.17. The lowest BCUT2D eigenvalue weighted by molar-refractivity contribution is -0.137. The summed E-state index contributed by atoms with van der Waals surface area (Å²) in [7, 11) is 0. The fraction of sp³-hybridized carbons (Fsp3) is 0.200. The van der Waals surface area contributed by atoms with E-state index in [-0.39, 0.29) is 12.2 Å². The lowest BCUT2D eigenvalue weighted by atomic mass is 9.94. The Hall–Kier alpha value is -1.81. The van der Waals surface area contributed by atoms with Crippen molar-refractivity contribution in [3.05, 3.63) is 59.2 Å². The van der Waals surface area contributed by atoms with E-state index in [0.717, 1.165) is 11.6 Å². The van der Waals surface area contributed by atoms with Gasteiger partial charge in [0.25, 0.3) is 0 Å². The fourth-order valence-corrected chi connectivity index (χ4v) is 2.08. The highest BCUT2D eigenvalue weighted by Crippen LogP contribution is 2.38. The molecule has 0 spiro atoms. The molecule has 0 fully saturated rings. The maximum absolute atomic E-state index is 13.0. The molecule has 2 aromatic carbocycles. The molecule has 4 heteroatoms. The predicted molar refractivity (Wildman–Crippen MR) is 67.5 cm³/mol. The summed E-state index contributed by atoms with van der Waals surface area (Å²) in [6.07, 6.45) is -4.41. The molecule has 2 aromatic rings. The first-order valence-corrected chi connectivity index (χ1v) is 5.80. The second-order valence-electron chi connectivity index (χ2n) is 4.36. The van der Waals surface area contributed by atoms with Gasteiger partial charge in [-0.3, -0.25) is 0 Å². The number of hydrogen-bond acceptors (Lipinski definition) is 1. The minimum absolute atomic E-state index is 0.0963. The molecular formula is C15H13F3O. The average molecular weight is 266 g/mol. The number of hydrogen-bond donors (Lipinski definition) is 1. The molecule has 0 aliphatic carbocycles. The van der Waals surface area contributed by atoms with E-state index < -0.39 is 11.7 Å². The molecule has 1 N–H and O–H groups in total. The van der Waals surface area contributed by atoms with E-state index in [1.165, 1.54) is 12.1 Å². The molecule has 0 unspecified atom stereocenters. The van der Waals surface area contributed by atoms with Gasteiger partial charge in [-0.2, -0.15) is 13.2 Å². The van der Waals surface area contributed by atoms with E-state index in [2.05, 4.69) is 0 Å². The van der Waals surface area contributed by atoms with Crippen LogP contribution < -0.4 is 0 Å². The van der Waals surface area contributed by atoms with Gasteiger partial charge in [-0.25, -0.2) is 0 Å². The molecule has 0 heterocycles. The molecule has 0 saturated heterocycles. The third kappa shape index (κ3) is 2.79. The fourth-order valence-electron chi connectivity index (χ4n) is 2.08. The SMILES string of the molecule is Cc1ccc(-c2ccccc2C(F)(F)F)c(CO)c1. The van der Waals surface area contributed by atoms with Crippen LogP contribution in [0, 0.1) is 6.92 Å². The van der Waals surface area contributed by atoms with Crippen LogP contribution in [0.25, 0.3) is 11.1 Å². The van der Waals surface area contributed by atoms with Gasteiger partial charge in [-0.05, 0) is 29.7 Å². The molecule has 0 amide bonds. The standard InChI is InChI=1S/C15H13F3O/c1-10-6-7-12(11(8-10)9-19)13-4-2-3-5-14(13)15(16,17)18/h2-8,19H,9H2,1H3. The van der Waals surface area contributed by atoms with Gasteiger partial charge in [0.15, 0.2) is 0 Å². The van der Waals surface area contributed by atoms with Gasteiger partial charge in [0.05, 0.1) is 12.2 Å². The van der Waals surface area contributed by atoms with Crippen molar-refractivity contribution < 1.29 is 18.3 Å². The summed E-state index contributed by atoms with van der Waals surface area (Å²) in [4.78, 5) is 0. The molecule has 19 heavy (non-hydrogen) atoms. The van der Waals surface area contributed by atoms with Crippen LogP contribution in [-0.4, -0.2) is 5.11 Å². The van der Waals surface area contributed by atoms with Gasteiger partial charge >= 0.3 is 6.18 Å². The first-order chi connectivity index (χ1) is 8.93. The van der Waals surface area contributed by atoms with Crippen LogP contribution in [0.2, 0.25) is 0 Å². The first kappa shape index (κ1) is 13.6. The van der Waals surface area contributed by atoms with E-state index in [4.69, 9.17) is 0 Å². The number of aliphatic hydroxyl groups excluding tert-OH is 1. The van der Waals surface area contributed by atoms with Gasteiger partial charge in [-0.1, -0.05) is 42.0 Å². The van der Waals surface area contributed by atoms with Crippen LogP contribution in [0.5, 0.6) is 0 Å². The summed E-state index contributed by atoms with van der Waals surface area (Å²) < 4.78 is 39.0. The third-order valence-corrected chi connectivity index (χ3v) is 2.95. The van der Waals surface area contributed by atoms with Crippen LogP contribution >= 0.6 is 0 Å². The number of aryl methyl sites for hydroxylation is 1. The molecule has 0 aromatic heterocycles. The monoisotopic (exact) mass is 266 g/mol. The summed E-state index contributed by atoms with van der Waals surface area (Å²) in [6.45, 7) is 1.54. The van der Waals surface area contributed by atoms with Gasteiger partial charge in [0.1, 0.15) is 0 Å². The van der Waals surface area contributed by atoms with Crippen LogP contribution in [0.1, 0.15) is 16.7 Å². The smallest absolute Gasteiger partial charge is 0.392 e. The van der Waals surface area contributed by atoms with E-state index in [1.54, 1.807) is 24.3 Å². The second-order valence-corrected chi connectivity index (χ2v) is 4.36. The summed E-state index contributed by atoms with van der Waals surface area (Å²) >= 11 is 0. The Morgan fingerprint density at radius 3 is 2.32 bits per heavy atom. The quantitative estimate of drug-likeness (QED) is 0.864. The average Bonchev–Trinajstić information content (AvgIpc) is 2.37. The van der Waals surface area contributed by atoms with Crippen molar-refractivity contribution in [3.63, 3.8) is 0 Å². The Kier molecular flexibility index (Phi) is 3.62. The Balaban J connectivity index is 2.66. The van der Waals surface area contributed by atoms with Gasteiger partial charge in [-0.15, -0.1) is 0 Å². The Morgan fingerprint density at radius 2 is 1.68 bits per heavy atom. The number of rotatable bonds is 2. The normalized spacial score (nSPS) is 11.6. The van der Waals surface area contributed by atoms with Crippen LogP contribution in [-0.2, 0) is 12.8 Å². The van der Waals surface area contributed by atoms with Gasteiger partial charge < -0.3 is 5.11 Å². The maximum atomic E-state index is 13.0. The largest absolute Gasteiger partial charge is 0.417 e. The molecule has 1 nitrogen and oxygen atoms in total. The van der Waals surface area contributed by atoms with Crippen molar-refractivity contribution in [2.24, 2.45) is 0 Å². The highest BCUT2D eigenvalue weighted by atomic mass is 19.4. The highest BCUT2D eigenvalue weighted by molar-refractivity contribution is 5.71. The Morgan fingerprint density at radius 1 is 1.00 bits per heavy atom. The van der Waals surface area contributed by atoms with Gasteiger partial charge in [0, 0.05) is 0 Å². The van der Waals surface area contributed by atoms with E-state index in [0.29, 0.717) is 11.1 Å². The second kappa shape index (κ2) is 5.05. The maximum Gasteiger partial charge on any atom is 0.417 e. The summed E-state index contributed by atoms with van der Waals surface area (Å²) in [5.41, 5.74) is 1.22. The lowest BCUT2D eigenvalue weighted by Crippen LogP contribution is -2.07. The number of alkyl halides is 3. The Labute approximate surface area is 109 Å². The van der Waals surface area contributed by atoms with Crippen LogP contribution in [0.3, 0.4) is 0 Å². The molecule has 0 atom stereocenters. The molecule has 2 rings (SSSR count). The topological polar surface area (TPSA) is 20.2 Å². The van der Waals surface area contributed by atoms with Gasteiger partial charge in [0.2, 0.25) is 0 Å². The summed E-state index contributed by atoms with van der Waals surface area (Å²) in [6, 6.07) is 10.4. The summed E-state index contributed by atoms with van der Waals surface area (Å²) in [5.74, 6) is 0. The Bertz CT molecular complexity index is 588. The minimum atomic E-state index is -4.41. The van der Waals surface area contributed by atoms with E-state index in [1.807, 2.05) is 6.92 Å². The van der Waals surface area contributed by atoms with Crippen LogP contribution in [0.15, 0.2) is 42.5 Å². The van der Waals surface area contributed by atoms with Crippen molar-refractivity contribution in [2.75, 3.05) is 0 Å². The van der Waals surface area contributed by atoms with Crippen molar-refractivity contribution in [1.82, 2.24) is 0 Å². The van der Waals surface area contributed by atoms with E-state index in [9.17, 15) is 18.3 Å². The zero-order valence-corrected chi connectivity index (χ0v) is 10.3. The molecule has 0 radical (unpaired) electrons. The van der Waals surface area contributed by atoms with Crippen molar-refractivity contribution in [1.29, 1.82) is 0 Å². The number of halogens is 3. The molecule has 0 saturated carbocycles. The lowest BCUT2D eigenvalue weighted by Gasteiger charge is -2.15. The van der Waals surface area contributed by atoms with Crippen molar-refractivity contribution >= 4 is 0 Å². The van der Waals surface area contributed by atoms with Crippen molar-refractivity contribution in [3.8, 4) is 11.1 Å². The van der Waals surface area contributed by atoms with Crippen LogP contribution in [0.4, 0.5) is 13.2 Å². The zero-order chi connectivity index (χ0) is 14.0. The van der Waals surface area contributed by atoms with E-state index >= 15 is 0 Å². The highest BCUT2D eigenvalue weighted by Gasteiger charge is 2.33. The molecule has 0 aliphatic heterocycles. The first-order valence-electron chi connectivity index (χ1n) is 5.80. The molecule has 100 valence electrons. The minimum Gasteiger partial charge on any atom is -0.392 e. The summed E-state index contributed by atoms with van der Waals surface area (Å²) in [5, 5.41) is 9.32. The molecular weight excluding hydrogens is 253 g/mol. The molecule has 0 bridgehead atoms. The number of aliphatic hydroxyl groups is 1. The molecule has 0 aliphatic rings. The number of benzene rings is 2.